The molecule has 2 aromatic rings. The highest BCUT2D eigenvalue weighted by molar-refractivity contribution is 7.16. The summed E-state index contributed by atoms with van der Waals surface area (Å²) in [7, 11) is 3.14. The summed E-state index contributed by atoms with van der Waals surface area (Å²) < 4.78 is 10.5. The number of amides is 1. The molecule has 0 saturated heterocycles. The van der Waals surface area contributed by atoms with Crippen molar-refractivity contribution in [3.63, 3.8) is 0 Å². The predicted molar refractivity (Wildman–Crippen MR) is 117 cm³/mol. The maximum atomic E-state index is 12.3. The Hall–Kier alpha value is -3.05. The molecule has 1 heterocycles. The van der Waals surface area contributed by atoms with Gasteiger partial charge < -0.3 is 19.6 Å². The minimum absolute atomic E-state index is 0.238. The summed E-state index contributed by atoms with van der Waals surface area (Å²) in [5.74, 6) is 0.868. The summed E-state index contributed by atoms with van der Waals surface area (Å²) in [6, 6.07) is 7.67. The van der Waals surface area contributed by atoms with Crippen molar-refractivity contribution in [2.75, 3.05) is 26.1 Å². The minimum atomic E-state index is -0.341. The number of fused-ring (bicyclic) bond motifs is 1. The molecule has 8 heteroatoms. The lowest BCUT2D eigenvalue weighted by Crippen LogP contribution is -2.17. The zero-order valence-electron chi connectivity index (χ0n) is 17.4. The summed E-state index contributed by atoms with van der Waals surface area (Å²) in [6.07, 6.45) is 5.25. The summed E-state index contributed by atoms with van der Waals surface area (Å²) in [5.41, 5.74) is 3.08. The van der Waals surface area contributed by atoms with Crippen LogP contribution in [0.5, 0.6) is 11.5 Å². The third-order valence-electron chi connectivity index (χ3n) is 4.98. The SMILES string of the molecule is COc1ccc(/C(C)=N/OCC(=O)Nc2sc3c(c2C#N)CCCCC3)cc1OC. The highest BCUT2D eigenvalue weighted by Crippen LogP contribution is 2.37. The van der Waals surface area contributed by atoms with E-state index in [0.717, 1.165) is 36.8 Å². The first-order chi connectivity index (χ1) is 14.6. The number of carbonyl (C=O) groups is 1. The lowest BCUT2D eigenvalue weighted by atomic mass is 10.1. The largest absolute Gasteiger partial charge is 0.493 e. The van der Waals surface area contributed by atoms with Crippen LogP contribution in [0, 0.1) is 11.3 Å². The van der Waals surface area contributed by atoms with Crippen LogP contribution >= 0.6 is 11.3 Å². The second-order valence-electron chi connectivity index (χ2n) is 6.95. The number of methoxy groups -OCH3 is 2. The molecule has 0 bridgehead atoms. The molecule has 0 aliphatic heterocycles. The van der Waals surface area contributed by atoms with Gasteiger partial charge in [-0.3, -0.25) is 4.79 Å². The number of rotatable bonds is 7. The Labute approximate surface area is 180 Å². The molecule has 0 spiro atoms. The number of hydrogen-bond acceptors (Lipinski definition) is 7. The van der Waals surface area contributed by atoms with Crippen LogP contribution < -0.4 is 14.8 Å². The number of oxime groups is 1. The average molecular weight is 428 g/mol. The number of carbonyl (C=O) groups excluding carboxylic acids is 1. The zero-order chi connectivity index (χ0) is 21.5. The van der Waals surface area contributed by atoms with Gasteiger partial charge in [-0.2, -0.15) is 5.26 Å². The lowest BCUT2D eigenvalue weighted by Gasteiger charge is -2.09. The molecule has 0 fully saturated rings. The molecule has 1 aromatic carbocycles. The van der Waals surface area contributed by atoms with Gasteiger partial charge in [-0.25, -0.2) is 0 Å². The fourth-order valence-electron chi connectivity index (χ4n) is 3.41. The molecule has 3 rings (SSSR count). The van der Waals surface area contributed by atoms with Gasteiger partial charge in [-0.05, 0) is 56.4 Å². The normalized spacial score (nSPS) is 13.6. The van der Waals surface area contributed by atoms with E-state index in [-0.39, 0.29) is 12.5 Å². The average Bonchev–Trinajstić information content (AvgIpc) is 2.91. The van der Waals surface area contributed by atoms with Gasteiger partial charge in [-0.15, -0.1) is 11.3 Å². The molecule has 0 atom stereocenters. The van der Waals surface area contributed by atoms with Crippen LogP contribution in [0.1, 0.15) is 47.8 Å². The van der Waals surface area contributed by atoms with Gasteiger partial charge in [0.1, 0.15) is 11.1 Å². The van der Waals surface area contributed by atoms with E-state index in [0.29, 0.717) is 27.8 Å². The van der Waals surface area contributed by atoms with E-state index in [4.69, 9.17) is 14.3 Å². The van der Waals surface area contributed by atoms with E-state index in [1.807, 2.05) is 6.07 Å². The fourth-order valence-corrected chi connectivity index (χ4v) is 4.67. The second-order valence-corrected chi connectivity index (χ2v) is 8.05. The van der Waals surface area contributed by atoms with Gasteiger partial charge >= 0.3 is 0 Å². The molecule has 30 heavy (non-hydrogen) atoms. The monoisotopic (exact) mass is 427 g/mol. The number of hydrogen-bond donors (Lipinski definition) is 1. The number of nitrogens with zero attached hydrogens (tertiary/aromatic N) is 2. The number of nitriles is 1. The van der Waals surface area contributed by atoms with Crippen molar-refractivity contribution in [3.8, 4) is 17.6 Å². The first kappa shape index (κ1) is 21.7. The van der Waals surface area contributed by atoms with Crippen LogP contribution in [0.3, 0.4) is 0 Å². The van der Waals surface area contributed by atoms with E-state index in [1.165, 1.54) is 22.6 Å². The number of thiophene rings is 1. The Balaban J connectivity index is 1.62. The first-order valence-corrected chi connectivity index (χ1v) is 10.6. The highest BCUT2D eigenvalue weighted by Gasteiger charge is 2.21. The number of nitrogens with one attached hydrogen (secondary N) is 1. The van der Waals surface area contributed by atoms with Crippen molar-refractivity contribution < 1.29 is 19.1 Å². The van der Waals surface area contributed by atoms with Crippen LogP contribution in [0.2, 0.25) is 0 Å². The predicted octanol–water partition coefficient (Wildman–Crippen LogP) is 4.29. The summed E-state index contributed by atoms with van der Waals surface area (Å²) in [4.78, 5) is 18.8. The molecule has 0 unspecified atom stereocenters. The molecular weight excluding hydrogens is 402 g/mol. The molecular formula is C22H25N3O4S. The zero-order valence-corrected chi connectivity index (χ0v) is 18.2. The fraction of sp³-hybridized carbons (Fsp3) is 0.409. The van der Waals surface area contributed by atoms with Gasteiger partial charge in [0.25, 0.3) is 5.91 Å². The van der Waals surface area contributed by atoms with Gasteiger partial charge in [0.15, 0.2) is 18.1 Å². The second kappa shape index (κ2) is 10.1. The molecule has 1 aliphatic carbocycles. The summed E-state index contributed by atoms with van der Waals surface area (Å²) in [6.45, 7) is 1.54. The van der Waals surface area contributed by atoms with Crippen molar-refractivity contribution in [3.05, 3.63) is 39.8 Å². The Morgan fingerprint density at radius 3 is 2.70 bits per heavy atom. The van der Waals surface area contributed by atoms with E-state index >= 15 is 0 Å². The quantitative estimate of drug-likeness (QED) is 0.404. The van der Waals surface area contributed by atoms with Crippen molar-refractivity contribution in [1.82, 2.24) is 0 Å². The molecule has 1 amide bonds. The van der Waals surface area contributed by atoms with Gasteiger partial charge in [-0.1, -0.05) is 11.6 Å². The molecule has 7 nitrogen and oxygen atoms in total. The first-order valence-electron chi connectivity index (χ1n) is 9.80. The van der Waals surface area contributed by atoms with E-state index in [9.17, 15) is 10.1 Å². The summed E-state index contributed by atoms with van der Waals surface area (Å²) >= 11 is 1.50. The third kappa shape index (κ3) is 4.92. The van der Waals surface area contributed by atoms with Crippen molar-refractivity contribution in [2.45, 2.75) is 39.0 Å². The van der Waals surface area contributed by atoms with E-state index < -0.39 is 0 Å². The van der Waals surface area contributed by atoms with E-state index in [1.54, 1.807) is 33.3 Å². The standard InChI is InChI=1S/C22H25N3O4S/c1-14(15-9-10-18(27-2)19(11-15)28-3)25-29-13-21(26)24-22-17(12-23)16-7-5-4-6-8-20(16)30-22/h9-11H,4-8,13H2,1-3H3,(H,24,26)/b25-14+. The number of aryl methyl sites for hydroxylation is 1. The Kier molecular flexibility index (Phi) is 7.31. The lowest BCUT2D eigenvalue weighted by molar-refractivity contribution is -0.120. The minimum Gasteiger partial charge on any atom is -0.493 e. The molecule has 1 aromatic heterocycles. The van der Waals surface area contributed by atoms with Gasteiger partial charge in [0.2, 0.25) is 0 Å². The molecule has 0 radical (unpaired) electrons. The van der Waals surface area contributed by atoms with Crippen LogP contribution in [-0.4, -0.2) is 32.4 Å². The number of ether oxygens (including phenoxy) is 2. The summed E-state index contributed by atoms with van der Waals surface area (Å²) in [5, 5.41) is 17.0. The maximum Gasteiger partial charge on any atom is 0.265 e. The van der Waals surface area contributed by atoms with Crippen LogP contribution in [-0.2, 0) is 22.5 Å². The maximum absolute atomic E-state index is 12.3. The van der Waals surface area contributed by atoms with Crippen LogP contribution in [0.4, 0.5) is 5.00 Å². The Morgan fingerprint density at radius 1 is 1.20 bits per heavy atom. The third-order valence-corrected chi connectivity index (χ3v) is 6.19. The van der Waals surface area contributed by atoms with Crippen molar-refractivity contribution in [2.24, 2.45) is 5.16 Å². The number of benzene rings is 1. The molecule has 0 saturated carbocycles. The molecule has 158 valence electrons. The van der Waals surface area contributed by atoms with Crippen molar-refractivity contribution in [1.29, 1.82) is 5.26 Å². The number of anilines is 1. The topological polar surface area (TPSA) is 92.9 Å². The van der Waals surface area contributed by atoms with Crippen molar-refractivity contribution >= 4 is 28.0 Å². The van der Waals surface area contributed by atoms with Gasteiger partial charge in [0, 0.05) is 10.4 Å². The Morgan fingerprint density at radius 2 is 1.97 bits per heavy atom. The van der Waals surface area contributed by atoms with Gasteiger partial charge in [0.05, 0.1) is 25.5 Å². The smallest absolute Gasteiger partial charge is 0.265 e. The molecule has 1 aliphatic rings. The molecule has 1 N–H and O–H groups in total. The highest BCUT2D eigenvalue weighted by atomic mass is 32.1. The van der Waals surface area contributed by atoms with Crippen LogP contribution in [0.15, 0.2) is 23.4 Å². The van der Waals surface area contributed by atoms with E-state index in [2.05, 4.69) is 16.5 Å². The van der Waals surface area contributed by atoms with Crippen LogP contribution in [0.25, 0.3) is 0 Å². The Bertz CT molecular complexity index is 991.